The number of amides is 1. The van der Waals surface area contributed by atoms with Crippen LogP contribution in [0.25, 0.3) is 0 Å². The second kappa shape index (κ2) is 2.81. The number of hydrazine groups is 1. The van der Waals surface area contributed by atoms with E-state index in [2.05, 4.69) is 5.43 Å². The van der Waals surface area contributed by atoms with E-state index in [9.17, 15) is 4.79 Å². The fraction of sp³-hybridized carbons (Fsp3) is 0.364. The molecular weight excluding hydrogens is 192 g/mol. The van der Waals surface area contributed by atoms with Crippen molar-refractivity contribution in [2.75, 3.05) is 6.61 Å². The number of allylic oxidation sites excluding steroid dienone is 2. The molecule has 3 aliphatic rings. The maximum absolute atomic E-state index is 11.6. The Labute approximate surface area is 87.4 Å². The Kier molecular flexibility index (Phi) is 1.66. The highest BCUT2D eigenvalue weighted by Crippen LogP contribution is 2.57. The molecule has 0 saturated heterocycles. The lowest BCUT2D eigenvalue weighted by molar-refractivity contribution is -0.128. The smallest absolute Gasteiger partial charge is 0.246 e. The molecule has 2 atom stereocenters. The first-order valence-corrected chi connectivity index (χ1v) is 4.99. The zero-order valence-electron chi connectivity index (χ0n) is 8.19. The number of rotatable bonds is 1. The molecule has 4 heteroatoms. The van der Waals surface area contributed by atoms with Gasteiger partial charge in [0.15, 0.2) is 0 Å². The Hall–Kier alpha value is -1.39. The topological polar surface area (TPSA) is 64.3 Å². The number of ether oxygens (including phenoxy) is 1. The van der Waals surface area contributed by atoms with Gasteiger partial charge in [-0.05, 0) is 17.6 Å². The fourth-order valence-corrected chi connectivity index (χ4v) is 2.37. The van der Waals surface area contributed by atoms with Gasteiger partial charge in [-0.1, -0.05) is 24.3 Å². The van der Waals surface area contributed by atoms with Crippen molar-refractivity contribution in [3.05, 3.63) is 35.5 Å². The van der Waals surface area contributed by atoms with Crippen LogP contribution in [0.1, 0.15) is 6.42 Å². The summed E-state index contributed by atoms with van der Waals surface area (Å²) in [4.78, 5) is 11.6. The van der Waals surface area contributed by atoms with Crippen LogP contribution in [0.4, 0.5) is 0 Å². The molecule has 0 aromatic heterocycles. The zero-order chi connectivity index (χ0) is 10.5. The highest BCUT2D eigenvalue weighted by Gasteiger charge is 2.59. The molecule has 0 aromatic carbocycles. The molecule has 0 aromatic rings. The second-order valence-electron chi connectivity index (χ2n) is 4.14. The Morgan fingerprint density at radius 3 is 3.27 bits per heavy atom. The lowest BCUT2D eigenvalue weighted by Gasteiger charge is -2.26. The first kappa shape index (κ1) is 8.88. The van der Waals surface area contributed by atoms with Gasteiger partial charge in [0.2, 0.25) is 5.91 Å². The second-order valence-corrected chi connectivity index (χ2v) is 4.14. The first-order valence-electron chi connectivity index (χ1n) is 4.99. The lowest BCUT2D eigenvalue weighted by Crippen LogP contribution is -2.41. The summed E-state index contributed by atoms with van der Waals surface area (Å²) in [5.41, 5.74) is 4.07. The van der Waals surface area contributed by atoms with Gasteiger partial charge in [-0.15, -0.1) is 0 Å². The third kappa shape index (κ3) is 1.06. The van der Waals surface area contributed by atoms with Gasteiger partial charge in [-0.25, -0.2) is 5.84 Å². The SMILES string of the molecule is NNC(=O)C12COC3C=CC=CC3=C1C2. The number of hydrogen-bond donors (Lipinski definition) is 2. The fourth-order valence-electron chi connectivity index (χ4n) is 2.37. The predicted molar refractivity (Wildman–Crippen MR) is 54.4 cm³/mol. The maximum Gasteiger partial charge on any atom is 0.246 e. The summed E-state index contributed by atoms with van der Waals surface area (Å²) >= 11 is 0. The Morgan fingerprint density at radius 1 is 1.60 bits per heavy atom. The summed E-state index contributed by atoms with van der Waals surface area (Å²) in [6.45, 7) is 0.442. The molecule has 3 N–H and O–H groups in total. The number of carbonyl (C=O) groups is 1. The van der Waals surface area contributed by atoms with Crippen molar-refractivity contribution in [1.82, 2.24) is 5.43 Å². The molecule has 1 aliphatic heterocycles. The largest absolute Gasteiger partial charge is 0.368 e. The molecule has 78 valence electrons. The predicted octanol–water partition coefficient (Wildman–Crippen LogP) is 0.188. The average molecular weight is 204 g/mol. The van der Waals surface area contributed by atoms with Crippen LogP contribution in [-0.4, -0.2) is 18.6 Å². The summed E-state index contributed by atoms with van der Waals surface area (Å²) in [6, 6.07) is 0. The van der Waals surface area contributed by atoms with Crippen molar-refractivity contribution in [2.24, 2.45) is 11.3 Å². The van der Waals surface area contributed by atoms with E-state index in [-0.39, 0.29) is 12.0 Å². The van der Waals surface area contributed by atoms with Crippen molar-refractivity contribution in [2.45, 2.75) is 12.5 Å². The van der Waals surface area contributed by atoms with Gasteiger partial charge in [0, 0.05) is 0 Å². The van der Waals surface area contributed by atoms with Crippen LogP contribution >= 0.6 is 0 Å². The third-order valence-electron chi connectivity index (χ3n) is 3.33. The van der Waals surface area contributed by atoms with Crippen LogP contribution in [0.3, 0.4) is 0 Å². The lowest BCUT2D eigenvalue weighted by atomic mass is 9.95. The monoisotopic (exact) mass is 204 g/mol. The minimum Gasteiger partial charge on any atom is -0.368 e. The highest BCUT2D eigenvalue weighted by atomic mass is 16.5. The molecule has 0 bridgehead atoms. The molecular formula is C11H12N2O2. The van der Waals surface area contributed by atoms with Crippen molar-refractivity contribution in [3.8, 4) is 0 Å². The molecule has 2 unspecified atom stereocenters. The molecule has 1 amide bonds. The molecule has 4 nitrogen and oxygen atoms in total. The number of fused-ring (bicyclic) bond motifs is 2. The molecule has 1 saturated carbocycles. The summed E-state index contributed by atoms with van der Waals surface area (Å²) < 4.78 is 5.65. The number of nitrogens with two attached hydrogens (primary N) is 1. The minimum absolute atomic E-state index is 0.0335. The van der Waals surface area contributed by atoms with E-state index in [4.69, 9.17) is 10.6 Å². The summed E-state index contributed by atoms with van der Waals surface area (Å²) in [5, 5.41) is 0. The highest BCUT2D eigenvalue weighted by molar-refractivity contribution is 5.92. The van der Waals surface area contributed by atoms with Crippen LogP contribution in [0, 0.1) is 5.41 Å². The molecule has 0 radical (unpaired) electrons. The van der Waals surface area contributed by atoms with E-state index in [1.54, 1.807) is 0 Å². The van der Waals surface area contributed by atoms with E-state index in [1.807, 2.05) is 24.3 Å². The van der Waals surface area contributed by atoms with Crippen LogP contribution in [0.2, 0.25) is 0 Å². The van der Waals surface area contributed by atoms with Crippen molar-refractivity contribution < 1.29 is 9.53 Å². The van der Waals surface area contributed by atoms with Gasteiger partial charge in [-0.3, -0.25) is 10.2 Å². The van der Waals surface area contributed by atoms with E-state index < -0.39 is 5.41 Å². The summed E-state index contributed by atoms with van der Waals surface area (Å²) in [5.74, 6) is 5.04. The van der Waals surface area contributed by atoms with Gasteiger partial charge in [0.05, 0.1) is 12.0 Å². The van der Waals surface area contributed by atoms with Crippen LogP contribution in [0.5, 0.6) is 0 Å². The summed E-state index contributed by atoms with van der Waals surface area (Å²) in [6.07, 6.45) is 8.77. The molecule has 0 spiro atoms. The maximum atomic E-state index is 11.6. The Morgan fingerprint density at radius 2 is 2.47 bits per heavy atom. The van der Waals surface area contributed by atoms with Gasteiger partial charge >= 0.3 is 0 Å². The summed E-state index contributed by atoms with van der Waals surface area (Å²) in [7, 11) is 0. The minimum atomic E-state index is -0.462. The van der Waals surface area contributed by atoms with Crippen molar-refractivity contribution in [1.29, 1.82) is 0 Å². The van der Waals surface area contributed by atoms with Gasteiger partial charge in [-0.2, -0.15) is 0 Å². The molecule has 3 rings (SSSR count). The quantitative estimate of drug-likeness (QED) is 0.364. The zero-order valence-corrected chi connectivity index (χ0v) is 8.19. The first-order chi connectivity index (χ1) is 7.28. The third-order valence-corrected chi connectivity index (χ3v) is 3.33. The van der Waals surface area contributed by atoms with Crippen molar-refractivity contribution >= 4 is 5.91 Å². The Bertz CT molecular complexity index is 422. The average Bonchev–Trinajstić information content (AvgIpc) is 3.04. The van der Waals surface area contributed by atoms with Crippen LogP contribution in [-0.2, 0) is 9.53 Å². The van der Waals surface area contributed by atoms with Gasteiger partial charge < -0.3 is 4.74 Å². The van der Waals surface area contributed by atoms with Crippen molar-refractivity contribution in [3.63, 3.8) is 0 Å². The van der Waals surface area contributed by atoms with E-state index in [0.717, 1.165) is 12.0 Å². The normalized spacial score (nSPS) is 35.9. The van der Waals surface area contributed by atoms with Crippen LogP contribution < -0.4 is 11.3 Å². The molecule has 15 heavy (non-hydrogen) atoms. The van der Waals surface area contributed by atoms with E-state index in [0.29, 0.717) is 6.61 Å². The van der Waals surface area contributed by atoms with E-state index in [1.165, 1.54) is 5.57 Å². The van der Waals surface area contributed by atoms with Gasteiger partial charge in [0.1, 0.15) is 6.10 Å². The molecule has 1 fully saturated rings. The van der Waals surface area contributed by atoms with Crippen LogP contribution in [0.15, 0.2) is 35.5 Å². The standard InChI is InChI=1S/C11H12N2O2/c12-13-10(14)11-5-8(11)7-3-1-2-4-9(7)15-6-11/h1-4,9H,5-6,12H2,(H,13,14). The Balaban J connectivity index is 2.00. The van der Waals surface area contributed by atoms with E-state index >= 15 is 0 Å². The molecule has 2 aliphatic carbocycles. The van der Waals surface area contributed by atoms with Gasteiger partial charge in [0.25, 0.3) is 0 Å². The number of nitrogens with one attached hydrogen (secondary N) is 1. The number of hydrogen-bond acceptors (Lipinski definition) is 3. The molecule has 1 heterocycles. The number of carbonyl (C=O) groups excluding carboxylic acids is 1.